The van der Waals surface area contributed by atoms with Gasteiger partial charge in [-0.1, -0.05) is 36.4 Å². The Kier molecular flexibility index (Phi) is 2.95. The summed E-state index contributed by atoms with van der Waals surface area (Å²) in [7, 11) is 0. The molecule has 24 heavy (non-hydrogen) atoms. The zero-order valence-corrected chi connectivity index (χ0v) is 13.3. The fourth-order valence-electron chi connectivity index (χ4n) is 3.54. The first-order valence-electron chi connectivity index (χ1n) is 8.29. The quantitative estimate of drug-likeness (QED) is 0.463. The highest BCUT2D eigenvalue weighted by atomic mass is 16.5. The summed E-state index contributed by atoms with van der Waals surface area (Å²) >= 11 is 0. The predicted octanol–water partition coefficient (Wildman–Crippen LogP) is 5.48. The molecule has 0 aliphatic carbocycles. The van der Waals surface area contributed by atoms with E-state index in [1.807, 2.05) is 6.20 Å². The molecule has 0 amide bonds. The SMILES string of the molecule is C1=CCc2c(ccc3cc(-c4ccc5[nH]ccc5c4)ccc23)OC1. The second kappa shape index (κ2) is 5.27. The van der Waals surface area contributed by atoms with Crippen LogP contribution in [-0.2, 0) is 6.42 Å². The van der Waals surface area contributed by atoms with Crippen molar-refractivity contribution >= 4 is 21.7 Å². The standard InChI is InChI=1S/C22H17NO/c1-2-12-24-22-9-6-17-13-15(4-7-19(17)20(22)3-1)16-5-8-21-18(14-16)10-11-23-21/h1-2,4-11,13-14,23H,3,12H2. The molecule has 5 rings (SSSR count). The van der Waals surface area contributed by atoms with E-state index in [1.54, 1.807) is 0 Å². The van der Waals surface area contributed by atoms with Crippen molar-refractivity contribution in [3.8, 4) is 16.9 Å². The van der Waals surface area contributed by atoms with Crippen LogP contribution in [0.3, 0.4) is 0 Å². The lowest BCUT2D eigenvalue weighted by molar-refractivity contribution is 0.363. The molecule has 0 bridgehead atoms. The fourth-order valence-corrected chi connectivity index (χ4v) is 3.54. The van der Waals surface area contributed by atoms with Crippen LogP contribution < -0.4 is 4.74 Å². The second-order valence-corrected chi connectivity index (χ2v) is 6.24. The molecular weight excluding hydrogens is 294 g/mol. The number of rotatable bonds is 1. The molecule has 2 heteroatoms. The number of hydrogen-bond donors (Lipinski definition) is 1. The number of fused-ring (bicyclic) bond motifs is 4. The van der Waals surface area contributed by atoms with E-state index < -0.39 is 0 Å². The van der Waals surface area contributed by atoms with Crippen molar-refractivity contribution < 1.29 is 4.74 Å². The largest absolute Gasteiger partial charge is 0.489 e. The number of aromatic nitrogens is 1. The van der Waals surface area contributed by atoms with Crippen molar-refractivity contribution in [3.05, 3.63) is 78.5 Å². The summed E-state index contributed by atoms with van der Waals surface area (Å²) in [4.78, 5) is 3.25. The minimum atomic E-state index is 0.660. The molecule has 116 valence electrons. The highest BCUT2D eigenvalue weighted by Crippen LogP contribution is 2.33. The molecule has 0 fully saturated rings. The molecule has 0 saturated carbocycles. The third-order valence-corrected chi connectivity index (χ3v) is 4.80. The first kappa shape index (κ1) is 13.4. The van der Waals surface area contributed by atoms with E-state index >= 15 is 0 Å². The molecule has 0 radical (unpaired) electrons. The molecule has 2 nitrogen and oxygen atoms in total. The molecular formula is C22H17NO. The van der Waals surface area contributed by atoms with Crippen LogP contribution >= 0.6 is 0 Å². The van der Waals surface area contributed by atoms with Crippen molar-refractivity contribution in [2.45, 2.75) is 6.42 Å². The number of hydrogen-bond acceptors (Lipinski definition) is 1. The maximum atomic E-state index is 5.82. The molecule has 1 aliphatic heterocycles. The van der Waals surface area contributed by atoms with Gasteiger partial charge in [-0.05, 0) is 64.0 Å². The van der Waals surface area contributed by atoms with Gasteiger partial charge in [0.15, 0.2) is 0 Å². The van der Waals surface area contributed by atoms with Gasteiger partial charge in [0.1, 0.15) is 12.4 Å². The molecule has 0 unspecified atom stereocenters. The number of allylic oxidation sites excluding steroid dienone is 1. The van der Waals surface area contributed by atoms with Gasteiger partial charge in [-0.25, -0.2) is 0 Å². The van der Waals surface area contributed by atoms with Crippen LogP contribution in [0.15, 0.2) is 72.9 Å². The lowest BCUT2D eigenvalue weighted by Crippen LogP contribution is -1.94. The van der Waals surface area contributed by atoms with E-state index in [-0.39, 0.29) is 0 Å². The van der Waals surface area contributed by atoms with Crippen LogP contribution in [0.2, 0.25) is 0 Å². The van der Waals surface area contributed by atoms with Gasteiger partial charge in [0, 0.05) is 17.3 Å². The average Bonchev–Trinajstić information content (AvgIpc) is 2.96. The van der Waals surface area contributed by atoms with E-state index in [0.717, 1.165) is 12.2 Å². The van der Waals surface area contributed by atoms with Gasteiger partial charge in [0.25, 0.3) is 0 Å². The molecule has 0 atom stereocenters. The monoisotopic (exact) mass is 311 g/mol. The highest BCUT2D eigenvalue weighted by molar-refractivity contribution is 5.93. The van der Waals surface area contributed by atoms with Crippen molar-refractivity contribution in [1.82, 2.24) is 4.98 Å². The normalized spacial score (nSPS) is 13.7. The van der Waals surface area contributed by atoms with E-state index in [1.165, 1.54) is 38.4 Å². The molecule has 1 aromatic heterocycles. The van der Waals surface area contributed by atoms with Gasteiger partial charge < -0.3 is 9.72 Å². The van der Waals surface area contributed by atoms with Gasteiger partial charge in [0.05, 0.1) is 0 Å². The summed E-state index contributed by atoms with van der Waals surface area (Å²) in [6.07, 6.45) is 7.20. The maximum Gasteiger partial charge on any atom is 0.123 e. The summed E-state index contributed by atoms with van der Waals surface area (Å²) in [5, 5.41) is 3.79. The Morgan fingerprint density at radius 1 is 0.792 bits per heavy atom. The maximum absolute atomic E-state index is 5.82. The highest BCUT2D eigenvalue weighted by Gasteiger charge is 2.11. The molecule has 1 N–H and O–H groups in total. The minimum absolute atomic E-state index is 0.660. The molecule has 3 aromatic carbocycles. The second-order valence-electron chi connectivity index (χ2n) is 6.24. The van der Waals surface area contributed by atoms with Crippen LogP contribution in [0.1, 0.15) is 5.56 Å². The van der Waals surface area contributed by atoms with Crippen LogP contribution in [0.25, 0.3) is 32.8 Å². The number of H-pyrrole nitrogens is 1. The van der Waals surface area contributed by atoms with Crippen molar-refractivity contribution in [1.29, 1.82) is 0 Å². The predicted molar refractivity (Wildman–Crippen MR) is 99.6 cm³/mol. The molecule has 0 saturated heterocycles. The fraction of sp³-hybridized carbons (Fsp3) is 0.0909. The Hall–Kier alpha value is -3.00. The molecule has 0 spiro atoms. The zero-order valence-electron chi connectivity index (χ0n) is 13.3. The van der Waals surface area contributed by atoms with E-state index in [2.05, 4.69) is 71.7 Å². The Morgan fingerprint density at radius 3 is 2.62 bits per heavy atom. The van der Waals surface area contributed by atoms with E-state index in [4.69, 9.17) is 4.74 Å². The van der Waals surface area contributed by atoms with Gasteiger partial charge in [0.2, 0.25) is 0 Å². The lowest BCUT2D eigenvalue weighted by Gasteiger charge is -2.12. The first-order chi connectivity index (χ1) is 11.9. The Bertz CT molecular complexity index is 1090. The average molecular weight is 311 g/mol. The summed E-state index contributed by atoms with van der Waals surface area (Å²) in [6.45, 7) is 0.660. The summed E-state index contributed by atoms with van der Waals surface area (Å²) in [5.41, 5.74) is 4.95. The van der Waals surface area contributed by atoms with Gasteiger partial charge in [-0.15, -0.1) is 0 Å². The van der Waals surface area contributed by atoms with Gasteiger partial charge in [-0.3, -0.25) is 0 Å². The van der Waals surface area contributed by atoms with Crippen LogP contribution in [-0.4, -0.2) is 11.6 Å². The van der Waals surface area contributed by atoms with Crippen molar-refractivity contribution in [2.75, 3.05) is 6.61 Å². The molecule has 1 aliphatic rings. The third kappa shape index (κ3) is 2.11. The molecule has 2 heterocycles. The smallest absolute Gasteiger partial charge is 0.123 e. The summed E-state index contributed by atoms with van der Waals surface area (Å²) < 4.78 is 5.82. The van der Waals surface area contributed by atoms with Crippen LogP contribution in [0, 0.1) is 0 Å². The van der Waals surface area contributed by atoms with Crippen LogP contribution in [0.4, 0.5) is 0 Å². The zero-order chi connectivity index (χ0) is 15.9. The number of nitrogens with one attached hydrogen (secondary N) is 1. The summed E-state index contributed by atoms with van der Waals surface area (Å²) in [5.74, 6) is 1.01. The van der Waals surface area contributed by atoms with Crippen molar-refractivity contribution in [2.24, 2.45) is 0 Å². The van der Waals surface area contributed by atoms with E-state index in [9.17, 15) is 0 Å². The first-order valence-corrected chi connectivity index (χ1v) is 8.29. The Morgan fingerprint density at radius 2 is 1.67 bits per heavy atom. The lowest BCUT2D eigenvalue weighted by atomic mass is 9.96. The Balaban J connectivity index is 1.66. The summed E-state index contributed by atoms with van der Waals surface area (Å²) in [6, 6.07) is 19.7. The number of aromatic amines is 1. The number of benzene rings is 3. The van der Waals surface area contributed by atoms with Gasteiger partial charge >= 0.3 is 0 Å². The van der Waals surface area contributed by atoms with Crippen molar-refractivity contribution in [3.63, 3.8) is 0 Å². The third-order valence-electron chi connectivity index (χ3n) is 4.80. The van der Waals surface area contributed by atoms with E-state index in [0.29, 0.717) is 6.61 Å². The Labute approximate surface area is 140 Å². The van der Waals surface area contributed by atoms with Gasteiger partial charge in [-0.2, -0.15) is 0 Å². The topological polar surface area (TPSA) is 25.0 Å². The molecule has 4 aromatic rings. The minimum Gasteiger partial charge on any atom is -0.489 e. The van der Waals surface area contributed by atoms with Crippen LogP contribution in [0.5, 0.6) is 5.75 Å². The number of ether oxygens (including phenoxy) is 1.